The van der Waals surface area contributed by atoms with Crippen LogP contribution in [0.5, 0.6) is 0 Å². The highest BCUT2D eigenvalue weighted by Crippen LogP contribution is 2.33. The summed E-state index contributed by atoms with van der Waals surface area (Å²) in [5.74, 6) is -1.37. The summed E-state index contributed by atoms with van der Waals surface area (Å²) in [5, 5.41) is -0.928. The molecule has 1 aromatic carbocycles. The fourth-order valence-electron chi connectivity index (χ4n) is 0.884. The van der Waals surface area contributed by atoms with Gasteiger partial charge >= 0.3 is 11.5 Å². The van der Waals surface area contributed by atoms with Crippen molar-refractivity contribution in [3.8, 4) is 0 Å². The minimum Gasteiger partial charge on any atom is -0.282 e. The van der Waals surface area contributed by atoms with Gasteiger partial charge in [0.25, 0.3) is 0 Å². The van der Waals surface area contributed by atoms with E-state index in [9.17, 15) is 22.4 Å². The van der Waals surface area contributed by atoms with Crippen molar-refractivity contribution in [2.24, 2.45) is 0 Å². The van der Waals surface area contributed by atoms with E-state index < -0.39 is 22.9 Å². The van der Waals surface area contributed by atoms with Crippen LogP contribution in [0, 0.1) is 5.82 Å². The first-order valence-corrected chi connectivity index (χ1v) is 4.99. The molecule has 0 aliphatic rings. The molecule has 0 saturated carbocycles. The zero-order valence-corrected chi connectivity index (χ0v) is 9.01. The van der Waals surface area contributed by atoms with Crippen LogP contribution in [0.4, 0.5) is 22.4 Å². The molecule has 16 heavy (non-hydrogen) atoms. The molecule has 1 amide bonds. The molecule has 1 N–H and O–H groups in total. The third kappa shape index (κ3) is 3.57. The first kappa shape index (κ1) is 13.1. The topological polar surface area (TPSA) is 29.1 Å². The van der Waals surface area contributed by atoms with Crippen molar-refractivity contribution in [2.45, 2.75) is 11.1 Å². The average molecular weight is 274 g/mol. The van der Waals surface area contributed by atoms with Gasteiger partial charge in [-0.15, -0.1) is 0 Å². The number of alkyl halides is 3. The summed E-state index contributed by atoms with van der Waals surface area (Å²) >= 11 is 5.49. The zero-order chi connectivity index (χ0) is 12.3. The van der Waals surface area contributed by atoms with Crippen molar-refractivity contribution in [3.63, 3.8) is 0 Å². The van der Waals surface area contributed by atoms with Crippen LogP contribution in [0.15, 0.2) is 23.1 Å². The van der Waals surface area contributed by atoms with Crippen molar-refractivity contribution < 1.29 is 22.4 Å². The first-order chi connectivity index (χ1) is 7.30. The predicted octanol–water partition coefficient (Wildman–Crippen LogP) is 3.80. The summed E-state index contributed by atoms with van der Waals surface area (Å²) in [6, 6.07) is 2.36. The Labute approximate surface area is 97.1 Å². The number of carbonyl (C=O) groups excluding carboxylic acids is 1. The molecule has 0 heterocycles. The van der Waals surface area contributed by atoms with Gasteiger partial charge in [0, 0.05) is 4.90 Å². The highest BCUT2D eigenvalue weighted by molar-refractivity contribution is 7.98. The lowest BCUT2D eigenvalue weighted by Gasteiger charge is -2.09. The quantitative estimate of drug-likeness (QED) is 0.384. The highest BCUT2D eigenvalue weighted by atomic mass is 35.5. The average Bonchev–Trinajstić information content (AvgIpc) is 2.14. The summed E-state index contributed by atoms with van der Waals surface area (Å²) in [6.45, 7) is 0. The Morgan fingerprint density at radius 3 is 2.50 bits per heavy atom. The van der Waals surface area contributed by atoms with Crippen molar-refractivity contribution in [2.75, 3.05) is 0 Å². The van der Waals surface area contributed by atoms with E-state index in [1.165, 1.54) is 0 Å². The Kier molecular flexibility index (Phi) is 4.03. The second-order valence-electron chi connectivity index (χ2n) is 2.62. The lowest BCUT2D eigenvalue weighted by Crippen LogP contribution is -2.09. The normalized spacial score (nSPS) is 11.3. The maximum Gasteiger partial charge on any atom is 0.419 e. The molecule has 2 nitrogen and oxygen atoms in total. The van der Waals surface area contributed by atoms with Gasteiger partial charge in [0.1, 0.15) is 5.82 Å². The largest absolute Gasteiger partial charge is 0.419 e. The SMILES string of the molecule is O=C(Cl)NSc1ccc(F)c(C(F)(F)F)c1. The number of benzene rings is 1. The van der Waals surface area contributed by atoms with Crippen LogP contribution in [0.25, 0.3) is 0 Å². The summed E-state index contributed by atoms with van der Waals surface area (Å²) in [4.78, 5) is 10.3. The molecular weight excluding hydrogens is 270 g/mol. The molecule has 0 bridgehead atoms. The molecule has 0 unspecified atom stereocenters. The van der Waals surface area contributed by atoms with E-state index in [2.05, 4.69) is 0 Å². The van der Waals surface area contributed by atoms with Crippen LogP contribution >= 0.6 is 23.5 Å². The smallest absolute Gasteiger partial charge is 0.282 e. The van der Waals surface area contributed by atoms with Gasteiger partial charge in [0.2, 0.25) is 0 Å². The predicted molar refractivity (Wildman–Crippen MR) is 51.6 cm³/mol. The van der Waals surface area contributed by atoms with Crippen LogP contribution in [0.1, 0.15) is 5.56 Å². The molecule has 8 heteroatoms. The van der Waals surface area contributed by atoms with Gasteiger partial charge in [-0.25, -0.2) is 4.39 Å². The molecule has 1 rings (SSSR count). The third-order valence-corrected chi connectivity index (χ3v) is 2.48. The van der Waals surface area contributed by atoms with Crippen LogP contribution in [0.2, 0.25) is 0 Å². The van der Waals surface area contributed by atoms with E-state index in [4.69, 9.17) is 11.6 Å². The molecule has 0 aliphatic heterocycles. The lowest BCUT2D eigenvalue weighted by molar-refractivity contribution is -0.140. The van der Waals surface area contributed by atoms with Gasteiger partial charge in [-0.2, -0.15) is 13.2 Å². The van der Waals surface area contributed by atoms with Crippen LogP contribution in [-0.4, -0.2) is 5.37 Å². The van der Waals surface area contributed by atoms with E-state index in [-0.39, 0.29) is 4.90 Å². The van der Waals surface area contributed by atoms with Crippen molar-refractivity contribution >= 4 is 28.9 Å². The summed E-state index contributed by atoms with van der Waals surface area (Å²) in [6.07, 6.45) is -4.77. The van der Waals surface area contributed by atoms with Crippen LogP contribution < -0.4 is 4.72 Å². The zero-order valence-electron chi connectivity index (χ0n) is 7.44. The van der Waals surface area contributed by atoms with E-state index in [0.717, 1.165) is 6.07 Å². The fraction of sp³-hybridized carbons (Fsp3) is 0.125. The van der Waals surface area contributed by atoms with Gasteiger partial charge in [-0.05, 0) is 41.7 Å². The fourth-order valence-corrected chi connectivity index (χ4v) is 1.51. The number of hydrogen-bond donors (Lipinski definition) is 1. The van der Waals surface area contributed by atoms with Gasteiger partial charge in [0.15, 0.2) is 0 Å². The molecular formula is C8H4ClF4NOS. The number of rotatable bonds is 2. The van der Waals surface area contributed by atoms with Gasteiger partial charge < -0.3 is 0 Å². The summed E-state index contributed by atoms with van der Waals surface area (Å²) in [7, 11) is 0. The monoisotopic (exact) mass is 273 g/mol. The molecule has 0 spiro atoms. The Morgan fingerprint density at radius 1 is 1.38 bits per heavy atom. The number of amides is 1. The summed E-state index contributed by atoms with van der Waals surface area (Å²) < 4.78 is 51.6. The third-order valence-electron chi connectivity index (χ3n) is 1.49. The lowest BCUT2D eigenvalue weighted by atomic mass is 10.2. The van der Waals surface area contributed by atoms with E-state index >= 15 is 0 Å². The molecule has 0 saturated heterocycles. The molecule has 1 aromatic rings. The van der Waals surface area contributed by atoms with Gasteiger partial charge in [0.05, 0.1) is 5.56 Å². The molecule has 0 atom stereocenters. The Balaban J connectivity index is 2.94. The minimum absolute atomic E-state index is 0.0303. The van der Waals surface area contributed by atoms with Crippen molar-refractivity contribution in [3.05, 3.63) is 29.6 Å². The Hall–Kier alpha value is -0.950. The highest BCUT2D eigenvalue weighted by Gasteiger charge is 2.34. The van der Waals surface area contributed by atoms with E-state index in [0.29, 0.717) is 24.1 Å². The number of carbonyl (C=O) groups is 1. The van der Waals surface area contributed by atoms with Crippen LogP contribution in [0.3, 0.4) is 0 Å². The van der Waals surface area contributed by atoms with Crippen LogP contribution in [-0.2, 0) is 6.18 Å². The minimum atomic E-state index is -4.77. The van der Waals surface area contributed by atoms with Crippen molar-refractivity contribution in [1.82, 2.24) is 4.72 Å². The Bertz CT molecular complexity index is 410. The molecule has 0 radical (unpaired) electrons. The maximum atomic E-state index is 12.8. The molecule has 0 aromatic heterocycles. The number of hydrogen-bond acceptors (Lipinski definition) is 2. The Morgan fingerprint density at radius 2 is 2.00 bits per heavy atom. The second kappa shape index (κ2) is 4.92. The van der Waals surface area contributed by atoms with Gasteiger partial charge in [-0.3, -0.25) is 9.52 Å². The summed E-state index contributed by atoms with van der Waals surface area (Å²) in [5.41, 5.74) is -1.39. The standard InChI is InChI=1S/C8H4ClF4NOS/c9-7(15)14-16-4-1-2-6(10)5(3-4)8(11,12)13/h1-3H,(H,14,15). The molecule has 0 fully saturated rings. The first-order valence-electron chi connectivity index (χ1n) is 3.80. The van der Waals surface area contributed by atoms with Crippen molar-refractivity contribution in [1.29, 1.82) is 0 Å². The molecule has 0 aliphatic carbocycles. The van der Waals surface area contributed by atoms with Gasteiger partial charge in [-0.1, -0.05) is 0 Å². The number of nitrogens with one attached hydrogen (secondary N) is 1. The number of halogens is 5. The van der Waals surface area contributed by atoms with E-state index in [1.54, 1.807) is 0 Å². The van der Waals surface area contributed by atoms with E-state index in [1.807, 2.05) is 4.72 Å². The maximum absolute atomic E-state index is 12.8. The second-order valence-corrected chi connectivity index (χ2v) is 3.84. The molecule has 88 valence electrons.